The molecule has 23 heavy (non-hydrogen) atoms. The first-order valence-electron chi connectivity index (χ1n) is 8.18. The SMILES string of the molecule is Cc1cc(C)c2sc(N3CCN(C(=O)C(C)(C)C)CC3)nc2c1. The molecule has 0 bridgehead atoms. The van der Waals surface area contributed by atoms with Crippen molar-refractivity contribution in [2.24, 2.45) is 5.41 Å². The number of rotatable bonds is 1. The molecule has 1 aliphatic heterocycles. The molecule has 1 fully saturated rings. The molecule has 124 valence electrons. The summed E-state index contributed by atoms with van der Waals surface area (Å²) in [6.07, 6.45) is 0. The Morgan fingerprint density at radius 3 is 2.39 bits per heavy atom. The van der Waals surface area contributed by atoms with Crippen LogP contribution < -0.4 is 4.90 Å². The smallest absolute Gasteiger partial charge is 0.228 e. The Labute approximate surface area is 142 Å². The third-order valence-electron chi connectivity index (χ3n) is 4.29. The molecule has 5 heteroatoms. The number of hydrogen-bond donors (Lipinski definition) is 0. The van der Waals surface area contributed by atoms with Crippen LogP contribution in [0.3, 0.4) is 0 Å². The average molecular weight is 331 g/mol. The van der Waals surface area contributed by atoms with Crippen LogP contribution in [0.4, 0.5) is 5.13 Å². The number of carbonyl (C=O) groups is 1. The fourth-order valence-electron chi connectivity index (χ4n) is 3.08. The maximum atomic E-state index is 12.4. The van der Waals surface area contributed by atoms with Crippen molar-refractivity contribution in [3.05, 3.63) is 23.3 Å². The number of aryl methyl sites for hydroxylation is 2. The molecule has 1 aliphatic rings. The van der Waals surface area contributed by atoms with E-state index in [0.29, 0.717) is 0 Å². The average Bonchev–Trinajstić information content (AvgIpc) is 2.90. The molecule has 0 saturated carbocycles. The largest absolute Gasteiger partial charge is 0.345 e. The number of benzene rings is 1. The van der Waals surface area contributed by atoms with Crippen molar-refractivity contribution in [3.63, 3.8) is 0 Å². The molecular formula is C18H25N3OS. The van der Waals surface area contributed by atoms with Gasteiger partial charge in [-0.1, -0.05) is 38.2 Å². The molecule has 1 amide bonds. The predicted octanol–water partition coefficient (Wildman–Crippen LogP) is 3.61. The molecule has 1 aromatic carbocycles. The van der Waals surface area contributed by atoms with Gasteiger partial charge < -0.3 is 9.80 Å². The van der Waals surface area contributed by atoms with Gasteiger partial charge in [0, 0.05) is 31.6 Å². The molecule has 0 atom stereocenters. The number of anilines is 1. The minimum absolute atomic E-state index is 0.243. The molecule has 0 spiro atoms. The van der Waals surface area contributed by atoms with Crippen LogP contribution >= 0.6 is 11.3 Å². The highest BCUT2D eigenvalue weighted by atomic mass is 32.1. The molecule has 0 aliphatic carbocycles. The van der Waals surface area contributed by atoms with E-state index in [9.17, 15) is 4.79 Å². The Hall–Kier alpha value is -1.62. The van der Waals surface area contributed by atoms with Crippen LogP contribution in [0.5, 0.6) is 0 Å². The van der Waals surface area contributed by atoms with E-state index in [1.807, 2.05) is 25.7 Å². The van der Waals surface area contributed by atoms with Gasteiger partial charge in [0.2, 0.25) is 5.91 Å². The molecule has 0 unspecified atom stereocenters. The molecule has 1 aromatic heterocycles. The molecule has 2 aromatic rings. The number of carbonyl (C=O) groups excluding carboxylic acids is 1. The van der Waals surface area contributed by atoms with Crippen LogP contribution in [-0.2, 0) is 4.79 Å². The normalized spacial score (nSPS) is 16.2. The minimum Gasteiger partial charge on any atom is -0.345 e. The van der Waals surface area contributed by atoms with Crippen molar-refractivity contribution >= 4 is 32.6 Å². The van der Waals surface area contributed by atoms with Crippen molar-refractivity contribution in [2.75, 3.05) is 31.1 Å². The molecular weight excluding hydrogens is 306 g/mol. The summed E-state index contributed by atoms with van der Waals surface area (Å²) in [5, 5.41) is 1.08. The van der Waals surface area contributed by atoms with Crippen LogP contribution in [0, 0.1) is 19.3 Å². The zero-order valence-corrected chi connectivity index (χ0v) is 15.5. The predicted molar refractivity (Wildman–Crippen MR) is 97.3 cm³/mol. The second-order valence-electron chi connectivity index (χ2n) is 7.46. The van der Waals surface area contributed by atoms with Gasteiger partial charge in [-0.25, -0.2) is 4.98 Å². The van der Waals surface area contributed by atoms with E-state index < -0.39 is 0 Å². The lowest BCUT2D eigenvalue weighted by Gasteiger charge is -2.37. The Balaban J connectivity index is 1.75. The van der Waals surface area contributed by atoms with Crippen LogP contribution in [0.1, 0.15) is 31.9 Å². The standard InChI is InChI=1S/C18H25N3OS/c1-12-10-13(2)15-14(11-12)19-17(23-15)21-8-6-20(7-9-21)16(22)18(3,4)5/h10-11H,6-9H2,1-5H3. The van der Waals surface area contributed by atoms with E-state index in [1.54, 1.807) is 11.3 Å². The third-order valence-corrected chi connectivity index (χ3v) is 5.56. The Morgan fingerprint density at radius 2 is 1.78 bits per heavy atom. The van der Waals surface area contributed by atoms with Crippen LogP contribution in [-0.4, -0.2) is 42.0 Å². The number of amides is 1. The summed E-state index contributed by atoms with van der Waals surface area (Å²) in [4.78, 5) is 21.5. The van der Waals surface area contributed by atoms with Crippen molar-refractivity contribution in [1.82, 2.24) is 9.88 Å². The number of nitrogens with zero attached hydrogens (tertiary/aromatic N) is 3. The van der Waals surface area contributed by atoms with E-state index >= 15 is 0 Å². The quantitative estimate of drug-likeness (QED) is 0.801. The van der Waals surface area contributed by atoms with E-state index in [4.69, 9.17) is 4.98 Å². The van der Waals surface area contributed by atoms with Gasteiger partial charge in [-0.05, 0) is 31.0 Å². The lowest BCUT2D eigenvalue weighted by Crippen LogP contribution is -2.51. The number of hydrogen-bond acceptors (Lipinski definition) is 4. The summed E-state index contributed by atoms with van der Waals surface area (Å²) in [5.41, 5.74) is 3.35. The van der Waals surface area contributed by atoms with E-state index in [0.717, 1.165) is 36.8 Å². The lowest BCUT2D eigenvalue weighted by molar-refractivity contribution is -0.139. The summed E-state index contributed by atoms with van der Waals surface area (Å²) in [6.45, 7) is 13.5. The minimum atomic E-state index is -0.299. The Morgan fingerprint density at radius 1 is 1.13 bits per heavy atom. The highest BCUT2D eigenvalue weighted by molar-refractivity contribution is 7.22. The second-order valence-corrected chi connectivity index (χ2v) is 8.43. The summed E-state index contributed by atoms with van der Waals surface area (Å²) < 4.78 is 1.28. The van der Waals surface area contributed by atoms with Crippen molar-refractivity contribution in [3.8, 4) is 0 Å². The van der Waals surface area contributed by atoms with Gasteiger partial charge in [-0.3, -0.25) is 4.79 Å². The lowest BCUT2D eigenvalue weighted by atomic mass is 9.94. The number of piperazine rings is 1. The van der Waals surface area contributed by atoms with Gasteiger partial charge in [-0.2, -0.15) is 0 Å². The first-order valence-corrected chi connectivity index (χ1v) is 8.99. The van der Waals surface area contributed by atoms with Gasteiger partial charge in [0.15, 0.2) is 5.13 Å². The third kappa shape index (κ3) is 3.20. The summed E-state index contributed by atoms with van der Waals surface area (Å²) >= 11 is 1.77. The maximum absolute atomic E-state index is 12.4. The Kier molecular flexibility index (Phi) is 4.08. The highest BCUT2D eigenvalue weighted by Crippen LogP contribution is 2.32. The molecule has 2 heterocycles. The van der Waals surface area contributed by atoms with Crippen LogP contribution in [0.2, 0.25) is 0 Å². The van der Waals surface area contributed by atoms with Crippen molar-refractivity contribution in [1.29, 1.82) is 0 Å². The van der Waals surface area contributed by atoms with E-state index in [-0.39, 0.29) is 11.3 Å². The first kappa shape index (κ1) is 16.2. The van der Waals surface area contributed by atoms with Crippen LogP contribution in [0.15, 0.2) is 12.1 Å². The molecule has 0 N–H and O–H groups in total. The van der Waals surface area contributed by atoms with E-state index in [1.165, 1.54) is 15.8 Å². The zero-order chi connectivity index (χ0) is 16.8. The van der Waals surface area contributed by atoms with Gasteiger partial charge in [-0.15, -0.1) is 0 Å². The van der Waals surface area contributed by atoms with Crippen molar-refractivity contribution in [2.45, 2.75) is 34.6 Å². The van der Waals surface area contributed by atoms with Gasteiger partial charge >= 0.3 is 0 Å². The monoisotopic (exact) mass is 331 g/mol. The summed E-state index contributed by atoms with van der Waals surface area (Å²) in [5.74, 6) is 0.243. The van der Waals surface area contributed by atoms with Crippen LogP contribution in [0.25, 0.3) is 10.2 Å². The summed E-state index contributed by atoms with van der Waals surface area (Å²) in [6, 6.07) is 4.37. The first-order chi connectivity index (χ1) is 10.8. The number of aromatic nitrogens is 1. The number of fused-ring (bicyclic) bond motifs is 1. The van der Waals surface area contributed by atoms with Gasteiger partial charge in [0.25, 0.3) is 0 Å². The molecule has 0 radical (unpaired) electrons. The molecule has 3 rings (SSSR count). The zero-order valence-electron chi connectivity index (χ0n) is 14.6. The molecule has 1 saturated heterocycles. The topological polar surface area (TPSA) is 36.4 Å². The van der Waals surface area contributed by atoms with Gasteiger partial charge in [0.1, 0.15) is 0 Å². The highest BCUT2D eigenvalue weighted by Gasteiger charge is 2.30. The number of thiazole rings is 1. The van der Waals surface area contributed by atoms with Gasteiger partial charge in [0.05, 0.1) is 10.2 Å². The fraction of sp³-hybridized carbons (Fsp3) is 0.556. The van der Waals surface area contributed by atoms with E-state index in [2.05, 4.69) is 30.9 Å². The fourth-order valence-corrected chi connectivity index (χ4v) is 4.14. The van der Waals surface area contributed by atoms with Crippen molar-refractivity contribution < 1.29 is 4.79 Å². The Bertz CT molecular complexity index is 737. The second kappa shape index (κ2) is 5.78. The summed E-state index contributed by atoms with van der Waals surface area (Å²) in [7, 11) is 0. The molecule has 4 nitrogen and oxygen atoms in total. The maximum Gasteiger partial charge on any atom is 0.228 e.